The molecule has 1 aliphatic rings. The maximum atomic E-state index is 12.6. The molecule has 0 aromatic heterocycles. The minimum Gasteiger partial charge on any atom is -0.494 e. The van der Waals surface area contributed by atoms with E-state index < -0.39 is 6.09 Å². The number of carbonyl (C=O) groups is 1. The summed E-state index contributed by atoms with van der Waals surface area (Å²) in [7, 11) is 1.58. The molecular weight excluding hydrogens is 320 g/mol. The summed E-state index contributed by atoms with van der Waals surface area (Å²) in [5.41, 5.74) is 1.42. The molecule has 0 unspecified atom stereocenters. The van der Waals surface area contributed by atoms with E-state index in [0.717, 1.165) is 5.69 Å². The van der Waals surface area contributed by atoms with Crippen LogP contribution in [0.3, 0.4) is 0 Å². The lowest BCUT2D eigenvalue weighted by Gasteiger charge is -2.38. The lowest BCUT2D eigenvalue weighted by atomic mass is 10.1. The molecule has 120 valence electrons. The highest BCUT2D eigenvalue weighted by atomic mass is 32.2. The zero-order valence-electron chi connectivity index (χ0n) is 13.1. The number of ether oxygens (including phenoxy) is 2. The van der Waals surface area contributed by atoms with Crippen LogP contribution in [0.1, 0.15) is 13.8 Å². The van der Waals surface area contributed by atoms with Crippen molar-refractivity contribution in [1.82, 2.24) is 0 Å². The van der Waals surface area contributed by atoms with E-state index in [1.807, 2.05) is 38.3 Å². The highest BCUT2D eigenvalue weighted by Crippen LogP contribution is 2.41. The van der Waals surface area contributed by atoms with Gasteiger partial charge in [-0.3, -0.25) is 4.90 Å². The Hall–Kier alpha value is -1.47. The third kappa shape index (κ3) is 3.30. The number of methoxy groups -OCH3 is 1. The number of thiocarbonyl (C=S) groups is 1. The van der Waals surface area contributed by atoms with Gasteiger partial charge in [0.05, 0.1) is 24.9 Å². The molecular formula is C15H20N2O3S2. The van der Waals surface area contributed by atoms with Crippen molar-refractivity contribution in [3.8, 4) is 5.75 Å². The molecule has 0 radical (unpaired) electrons. The predicted molar refractivity (Wildman–Crippen MR) is 95.5 cm³/mol. The van der Waals surface area contributed by atoms with Crippen molar-refractivity contribution in [1.29, 1.82) is 0 Å². The molecule has 1 aliphatic heterocycles. The number of benzene rings is 1. The van der Waals surface area contributed by atoms with Crippen molar-refractivity contribution < 1.29 is 14.3 Å². The summed E-state index contributed by atoms with van der Waals surface area (Å²) in [6.07, 6.45) is 1.36. The molecule has 1 N–H and O–H groups in total. The number of carbonyl (C=O) groups excluding carboxylic acids is 1. The average Bonchev–Trinajstić information content (AvgIpc) is 2.46. The molecule has 1 atom stereocenters. The van der Waals surface area contributed by atoms with Gasteiger partial charge in [0, 0.05) is 5.75 Å². The number of hydrogen-bond acceptors (Lipinski definition) is 5. The van der Waals surface area contributed by atoms with Gasteiger partial charge in [-0.2, -0.15) is 11.8 Å². The Morgan fingerprint density at radius 1 is 1.50 bits per heavy atom. The van der Waals surface area contributed by atoms with Crippen molar-refractivity contribution in [3.63, 3.8) is 0 Å². The SMILES string of the molecule is COc1cccc2c1N(C(=O)OC(C)C)[C@@H](CSC)C(=S)N2. The maximum absolute atomic E-state index is 12.6. The van der Waals surface area contributed by atoms with E-state index in [4.69, 9.17) is 21.7 Å². The minimum atomic E-state index is -0.413. The minimum absolute atomic E-state index is 0.205. The van der Waals surface area contributed by atoms with Crippen molar-refractivity contribution in [2.75, 3.05) is 29.3 Å². The van der Waals surface area contributed by atoms with Crippen LogP contribution < -0.4 is 15.0 Å². The number of nitrogens with zero attached hydrogens (tertiary/aromatic N) is 1. The zero-order valence-corrected chi connectivity index (χ0v) is 14.7. The van der Waals surface area contributed by atoms with Crippen molar-refractivity contribution in [2.24, 2.45) is 0 Å². The van der Waals surface area contributed by atoms with Crippen LogP contribution in [-0.2, 0) is 4.74 Å². The molecule has 0 bridgehead atoms. The molecule has 0 saturated heterocycles. The van der Waals surface area contributed by atoms with E-state index in [9.17, 15) is 4.79 Å². The molecule has 22 heavy (non-hydrogen) atoms. The van der Waals surface area contributed by atoms with E-state index in [-0.39, 0.29) is 12.1 Å². The number of amides is 1. The Balaban J connectivity index is 2.52. The number of thioether (sulfide) groups is 1. The van der Waals surface area contributed by atoms with Crippen molar-refractivity contribution >= 4 is 46.4 Å². The summed E-state index contributed by atoms with van der Waals surface area (Å²) < 4.78 is 10.8. The van der Waals surface area contributed by atoms with Gasteiger partial charge in [0.2, 0.25) is 0 Å². The number of anilines is 2. The first kappa shape index (κ1) is 16.9. The quantitative estimate of drug-likeness (QED) is 0.846. The first-order valence-electron chi connectivity index (χ1n) is 6.96. The summed E-state index contributed by atoms with van der Waals surface area (Å²) in [5.74, 6) is 1.29. The van der Waals surface area contributed by atoms with E-state index in [0.29, 0.717) is 22.2 Å². The summed E-state index contributed by atoms with van der Waals surface area (Å²) in [5, 5.41) is 3.20. The second-order valence-electron chi connectivity index (χ2n) is 5.12. The molecule has 1 aromatic rings. The number of hydrogen-bond donors (Lipinski definition) is 1. The lowest BCUT2D eigenvalue weighted by Crippen LogP contribution is -2.52. The highest BCUT2D eigenvalue weighted by molar-refractivity contribution is 7.98. The van der Waals surface area contributed by atoms with Gasteiger partial charge >= 0.3 is 6.09 Å². The zero-order chi connectivity index (χ0) is 16.3. The van der Waals surface area contributed by atoms with Crippen LogP contribution in [0.4, 0.5) is 16.2 Å². The Bertz CT molecular complexity index is 578. The first-order valence-corrected chi connectivity index (χ1v) is 8.76. The molecule has 1 heterocycles. The van der Waals surface area contributed by atoms with Crippen LogP contribution >= 0.6 is 24.0 Å². The van der Waals surface area contributed by atoms with E-state index in [1.165, 1.54) is 0 Å². The number of fused-ring (bicyclic) bond motifs is 1. The fourth-order valence-electron chi connectivity index (χ4n) is 2.31. The van der Waals surface area contributed by atoms with Gasteiger partial charge in [0.25, 0.3) is 0 Å². The predicted octanol–water partition coefficient (Wildman–Crippen LogP) is 3.53. The van der Waals surface area contributed by atoms with Crippen LogP contribution in [-0.4, -0.2) is 42.3 Å². The van der Waals surface area contributed by atoms with E-state index in [2.05, 4.69) is 5.32 Å². The standard InChI is InChI=1S/C15H20N2O3S2/c1-9(2)20-15(18)17-11(8-22-4)14(21)16-10-6-5-7-12(19-3)13(10)17/h5-7,9,11H,8H2,1-4H3,(H,16,21)/t11-/m0/s1. The maximum Gasteiger partial charge on any atom is 0.415 e. The molecule has 0 fully saturated rings. The number of rotatable bonds is 4. The van der Waals surface area contributed by atoms with Crippen LogP contribution in [0.5, 0.6) is 5.75 Å². The number of para-hydroxylation sites is 1. The molecule has 1 aromatic carbocycles. The smallest absolute Gasteiger partial charge is 0.415 e. The summed E-state index contributed by atoms with van der Waals surface area (Å²) >= 11 is 7.07. The van der Waals surface area contributed by atoms with Crippen LogP contribution in [0.2, 0.25) is 0 Å². The second kappa shape index (κ2) is 7.19. The summed E-state index contributed by atoms with van der Waals surface area (Å²) in [4.78, 5) is 14.8. The Morgan fingerprint density at radius 3 is 2.82 bits per heavy atom. The molecule has 7 heteroatoms. The van der Waals surface area contributed by atoms with Gasteiger partial charge in [0.1, 0.15) is 16.4 Å². The van der Waals surface area contributed by atoms with Crippen molar-refractivity contribution in [3.05, 3.63) is 18.2 Å². The second-order valence-corrected chi connectivity index (χ2v) is 6.47. The lowest BCUT2D eigenvalue weighted by molar-refractivity contribution is 0.122. The number of nitrogens with one attached hydrogen (secondary N) is 1. The summed E-state index contributed by atoms with van der Waals surface area (Å²) in [6.45, 7) is 3.65. The van der Waals surface area contributed by atoms with Gasteiger partial charge < -0.3 is 14.8 Å². The topological polar surface area (TPSA) is 50.8 Å². The van der Waals surface area contributed by atoms with Gasteiger partial charge in [-0.05, 0) is 32.2 Å². The monoisotopic (exact) mass is 340 g/mol. The van der Waals surface area contributed by atoms with Crippen LogP contribution in [0.25, 0.3) is 0 Å². The van der Waals surface area contributed by atoms with Crippen molar-refractivity contribution in [2.45, 2.75) is 26.0 Å². The molecule has 0 saturated carbocycles. The highest BCUT2D eigenvalue weighted by Gasteiger charge is 2.37. The normalized spacial score (nSPS) is 17.0. The molecule has 2 rings (SSSR count). The Morgan fingerprint density at radius 2 is 2.23 bits per heavy atom. The fourth-order valence-corrected chi connectivity index (χ4v) is 3.35. The molecule has 5 nitrogen and oxygen atoms in total. The van der Waals surface area contributed by atoms with Gasteiger partial charge in [0.15, 0.2) is 0 Å². The Labute approximate surface area is 140 Å². The van der Waals surface area contributed by atoms with Gasteiger partial charge in [-0.25, -0.2) is 4.79 Å². The third-order valence-electron chi connectivity index (χ3n) is 3.19. The average molecular weight is 340 g/mol. The fraction of sp³-hybridized carbons (Fsp3) is 0.467. The van der Waals surface area contributed by atoms with Crippen LogP contribution in [0, 0.1) is 0 Å². The molecule has 1 amide bonds. The van der Waals surface area contributed by atoms with E-state index in [1.54, 1.807) is 23.8 Å². The molecule has 0 aliphatic carbocycles. The third-order valence-corrected chi connectivity index (χ3v) is 4.21. The van der Waals surface area contributed by atoms with Gasteiger partial charge in [-0.15, -0.1) is 0 Å². The molecule has 0 spiro atoms. The Kier molecular flexibility index (Phi) is 5.52. The largest absolute Gasteiger partial charge is 0.494 e. The summed E-state index contributed by atoms with van der Waals surface area (Å²) in [6, 6.07) is 5.28. The van der Waals surface area contributed by atoms with Crippen LogP contribution in [0.15, 0.2) is 18.2 Å². The van der Waals surface area contributed by atoms with Gasteiger partial charge in [-0.1, -0.05) is 18.3 Å². The van der Waals surface area contributed by atoms with E-state index >= 15 is 0 Å². The first-order chi connectivity index (χ1) is 10.5.